The third kappa shape index (κ3) is 3.88. The number of hydrogen-bond donors (Lipinski definition) is 2. The van der Waals surface area contributed by atoms with Crippen molar-refractivity contribution in [3.63, 3.8) is 0 Å². The molecule has 0 saturated heterocycles. The Labute approximate surface area is 120 Å². The Morgan fingerprint density at radius 2 is 1.95 bits per heavy atom. The molecule has 0 spiro atoms. The molecule has 0 bridgehead atoms. The molecule has 2 aromatic rings. The number of alkyl halides is 2. The molecule has 0 radical (unpaired) electrons. The maximum absolute atomic E-state index is 12.1. The van der Waals surface area contributed by atoms with E-state index in [1.54, 1.807) is 19.3 Å². The van der Waals surface area contributed by atoms with E-state index in [-0.39, 0.29) is 11.7 Å². The second kappa shape index (κ2) is 6.65. The molecule has 1 aromatic heterocycles. The Hall–Kier alpha value is -2.70. The number of pyridine rings is 1. The smallest absolute Gasteiger partial charge is 0.387 e. The first-order valence-corrected chi connectivity index (χ1v) is 6.08. The summed E-state index contributed by atoms with van der Waals surface area (Å²) in [5.74, 6) is -0.324. The topological polar surface area (TPSA) is 63.2 Å². The van der Waals surface area contributed by atoms with E-state index in [2.05, 4.69) is 20.4 Å². The van der Waals surface area contributed by atoms with E-state index in [4.69, 9.17) is 0 Å². The SMILES string of the molecule is CNc1ccncc1C(=O)Nc1ccc(OC(F)F)cc1. The van der Waals surface area contributed by atoms with Crippen molar-refractivity contribution in [2.45, 2.75) is 6.61 Å². The van der Waals surface area contributed by atoms with Crippen molar-refractivity contribution < 1.29 is 18.3 Å². The fourth-order valence-electron chi connectivity index (χ4n) is 1.71. The zero-order valence-electron chi connectivity index (χ0n) is 11.1. The summed E-state index contributed by atoms with van der Waals surface area (Å²) < 4.78 is 28.3. The van der Waals surface area contributed by atoms with Crippen LogP contribution in [-0.4, -0.2) is 24.6 Å². The van der Waals surface area contributed by atoms with Crippen LogP contribution in [0, 0.1) is 0 Å². The minimum absolute atomic E-state index is 0.0280. The van der Waals surface area contributed by atoms with E-state index in [9.17, 15) is 13.6 Å². The van der Waals surface area contributed by atoms with Crippen LogP contribution in [0.15, 0.2) is 42.7 Å². The predicted octanol–water partition coefficient (Wildman–Crippen LogP) is 2.98. The van der Waals surface area contributed by atoms with Crippen LogP contribution in [0.25, 0.3) is 0 Å². The van der Waals surface area contributed by atoms with Crippen LogP contribution in [0.4, 0.5) is 20.2 Å². The molecule has 0 aliphatic heterocycles. The molecule has 0 aliphatic rings. The third-order valence-corrected chi connectivity index (χ3v) is 2.67. The van der Waals surface area contributed by atoms with Crippen LogP contribution >= 0.6 is 0 Å². The molecule has 0 aliphatic carbocycles. The van der Waals surface area contributed by atoms with Gasteiger partial charge in [-0.3, -0.25) is 9.78 Å². The normalized spacial score (nSPS) is 10.3. The number of nitrogens with zero attached hydrogens (tertiary/aromatic N) is 1. The molecule has 1 aromatic carbocycles. The van der Waals surface area contributed by atoms with Gasteiger partial charge in [0.05, 0.1) is 5.56 Å². The van der Waals surface area contributed by atoms with Crippen molar-refractivity contribution in [1.82, 2.24) is 4.98 Å². The van der Waals surface area contributed by atoms with Crippen molar-refractivity contribution in [1.29, 1.82) is 0 Å². The number of ether oxygens (including phenoxy) is 1. The molecule has 21 heavy (non-hydrogen) atoms. The maximum atomic E-state index is 12.1. The molecular weight excluding hydrogens is 280 g/mol. The largest absolute Gasteiger partial charge is 0.435 e. The molecule has 0 saturated carbocycles. The Morgan fingerprint density at radius 3 is 2.57 bits per heavy atom. The Balaban J connectivity index is 2.09. The predicted molar refractivity (Wildman–Crippen MR) is 74.8 cm³/mol. The summed E-state index contributed by atoms with van der Waals surface area (Å²) in [6.07, 6.45) is 3.01. The van der Waals surface area contributed by atoms with E-state index in [1.807, 2.05) is 0 Å². The number of halogens is 2. The van der Waals surface area contributed by atoms with Crippen molar-refractivity contribution >= 4 is 17.3 Å². The second-order valence-electron chi connectivity index (χ2n) is 4.03. The lowest BCUT2D eigenvalue weighted by molar-refractivity contribution is -0.0498. The van der Waals surface area contributed by atoms with Crippen LogP contribution in [0.3, 0.4) is 0 Å². The van der Waals surface area contributed by atoms with Gasteiger partial charge in [-0.25, -0.2) is 0 Å². The zero-order chi connectivity index (χ0) is 15.2. The van der Waals surface area contributed by atoms with E-state index in [0.717, 1.165) is 0 Å². The number of nitrogens with one attached hydrogen (secondary N) is 2. The van der Waals surface area contributed by atoms with Crippen molar-refractivity contribution in [3.05, 3.63) is 48.3 Å². The Morgan fingerprint density at radius 1 is 1.24 bits per heavy atom. The van der Waals surface area contributed by atoms with Gasteiger partial charge in [-0.05, 0) is 30.3 Å². The first-order chi connectivity index (χ1) is 10.1. The van der Waals surface area contributed by atoms with Gasteiger partial charge < -0.3 is 15.4 Å². The van der Waals surface area contributed by atoms with Gasteiger partial charge in [0.25, 0.3) is 5.91 Å². The summed E-state index contributed by atoms with van der Waals surface area (Å²) in [7, 11) is 1.70. The second-order valence-corrected chi connectivity index (χ2v) is 4.03. The fraction of sp³-hybridized carbons (Fsp3) is 0.143. The van der Waals surface area contributed by atoms with Crippen molar-refractivity contribution in [2.24, 2.45) is 0 Å². The summed E-state index contributed by atoms with van der Waals surface area (Å²) in [6, 6.07) is 7.33. The molecule has 1 amide bonds. The van der Waals surface area contributed by atoms with E-state index in [0.29, 0.717) is 16.9 Å². The summed E-state index contributed by atoms with van der Waals surface area (Å²) in [6.45, 7) is -2.88. The maximum Gasteiger partial charge on any atom is 0.387 e. The monoisotopic (exact) mass is 293 g/mol. The first kappa shape index (κ1) is 14.7. The molecule has 2 rings (SSSR count). The lowest BCUT2D eigenvalue weighted by Crippen LogP contribution is -2.14. The van der Waals surface area contributed by atoms with Gasteiger partial charge in [0.2, 0.25) is 0 Å². The number of benzene rings is 1. The quantitative estimate of drug-likeness (QED) is 0.889. The van der Waals surface area contributed by atoms with Crippen molar-refractivity contribution in [3.8, 4) is 5.75 Å². The van der Waals surface area contributed by atoms with E-state index >= 15 is 0 Å². The summed E-state index contributed by atoms with van der Waals surface area (Å²) in [5.41, 5.74) is 1.49. The van der Waals surface area contributed by atoms with Gasteiger partial charge in [-0.1, -0.05) is 0 Å². The zero-order valence-corrected chi connectivity index (χ0v) is 11.1. The highest BCUT2D eigenvalue weighted by atomic mass is 19.3. The number of rotatable bonds is 5. The van der Waals surface area contributed by atoms with Crippen LogP contribution in [0.1, 0.15) is 10.4 Å². The molecule has 7 heteroatoms. The average Bonchev–Trinajstić information content (AvgIpc) is 2.48. The van der Waals surface area contributed by atoms with Gasteiger partial charge in [0, 0.05) is 30.8 Å². The number of hydrogen-bond acceptors (Lipinski definition) is 4. The van der Waals surface area contributed by atoms with Crippen LogP contribution in [0.2, 0.25) is 0 Å². The average molecular weight is 293 g/mol. The summed E-state index contributed by atoms with van der Waals surface area (Å²) in [5, 5.41) is 5.54. The molecule has 110 valence electrons. The number of anilines is 2. The molecule has 1 heterocycles. The standard InChI is InChI=1S/C14H13F2N3O2/c1-17-12-6-7-18-8-11(12)13(20)19-9-2-4-10(5-3-9)21-14(15)16/h2-8,14H,1H3,(H,17,18)(H,19,20). The lowest BCUT2D eigenvalue weighted by Gasteiger charge is -2.10. The minimum atomic E-state index is -2.88. The van der Waals surface area contributed by atoms with E-state index in [1.165, 1.54) is 30.5 Å². The van der Waals surface area contributed by atoms with Crippen LogP contribution in [0.5, 0.6) is 5.75 Å². The van der Waals surface area contributed by atoms with Gasteiger partial charge in [0.1, 0.15) is 5.75 Å². The highest BCUT2D eigenvalue weighted by molar-refractivity contribution is 6.07. The van der Waals surface area contributed by atoms with Gasteiger partial charge in [0.15, 0.2) is 0 Å². The van der Waals surface area contributed by atoms with Gasteiger partial charge in [-0.15, -0.1) is 0 Å². The number of carbonyl (C=O) groups excluding carboxylic acids is 1. The van der Waals surface area contributed by atoms with Crippen molar-refractivity contribution in [2.75, 3.05) is 17.7 Å². The third-order valence-electron chi connectivity index (χ3n) is 2.67. The molecular formula is C14H13F2N3O2. The minimum Gasteiger partial charge on any atom is -0.435 e. The summed E-state index contributed by atoms with van der Waals surface area (Å²) >= 11 is 0. The van der Waals surface area contributed by atoms with Gasteiger partial charge >= 0.3 is 6.61 Å². The summed E-state index contributed by atoms with van der Waals surface area (Å²) in [4.78, 5) is 16.0. The highest BCUT2D eigenvalue weighted by Crippen LogP contribution is 2.19. The Kier molecular flexibility index (Phi) is 4.65. The molecule has 0 unspecified atom stereocenters. The highest BCUT2D eigenvalue weighted by Gasteiger charge is 2.11. The van der Waals surface area contributed by atoms with E-state index < -0.39 is 6.61 Å². The van der Waals surface area contributed by atoms with Gasteiger partial charge in [-0.2, -0.15) is 8.78 Å². The first-order valence-electron chi connectivity index (χ1n) is 6.08. The molecule has 0 fully saturated rings. The fourth-order valence-corrected chi connectivity index (χ4v) is 1.71. The van der Waals surface area contributed by atoms with Crippen LogP contribution < -0.4 is 15.4 Å². The molecule has 2 N–H and O–H groups in total. The lowest BCUT2D eigenvalue weighted by atomic mass is 10.2. The molecule has 5 nitrogen and oxygen atoms in total. The number of aromatic nitrogens is 1. The number of amides is 1. The molecule has 0 atom stereocenters. The number of carbonyl (C=O) groups is 1. The van der Waals surface area contributed by atoms with Crippen LogP contribution in [-0.2, 0) is 0 Å². The Bertz CT molecular complexity index is 618.